The molecule has 1 aromatic carbocycles. The largest absolute Gasteiger partial charge is 2.00 e. The molecule has 0 saturated heterocycles. The average Bonchev–Trinajstić information content (AvgIpc) is 2.66. The van der Waals surface area contributed by atoms with Gasteiger partial charge in [-0.1, -0.05) is 36.8 Å². The van der Waals surface area contributed by atoms with Gasteiger partial charge in [-0.05, 0) is 18.9 Å². The minimum absolute atomic E-state index is 0. The first-order valence-electron chi connectivity index (χ1n) is 6.07. The van der Waals surface area contributed by atoms with E-state index in [1.54, 1.807) is 18.6 Å². The summed E-state index contributed by atoms with van der Waals surface area (Å²) >= 11 is 0. The van der Waals surface area contributed by atoms with E-state index in [0.29, 0.717) is 0 Å². The monoisotopic (exact) mass is 386 g/mol. The van der Waals surface area contributed by atoms with Crippen LogP contribution < -0.4 is 0 Å². The van der Waals surface area contributed by atoms with Crippen molar-refractivity contribution < 1.29 is 50.5 Å². The second kappa shape index (κ2) is 24.3. The summed E-state index contributed by atoms with van der Waals surface area (Å²) < 4.78 is 27.3. The Labute approximate surface area is 157 Å². The first-order chi connectivity index (χ1) is 11.6. The van der Waals surface area contributed by atoms with E-state index < -0.39 is 18.0 Å². The van der Waals surface area contributed by atoms with E-state index in [9.17, 15) is 9.59 Å². The predicted octanol–water partition coefficient (Wildman–Crippen LogP) is 1.26. The van der Waals surface area contributed by atoms with Crippen molar-refractivity contribution >= 4 is 12.3 Å². The third-order valence-electron chi connectivity index (χ3n) is 2.26. The maximum absolute atomic E-state index is 11.1. The Balaban J connectivity index is -0.000000284. The van der Waals surface area contributed by atoms with Crippen molar-refractivity contribution in [2.24, 2.45) is 0 Å². The molecule has 2 atom stereocenters. The van der Waals surface area contributed by atoms with Gasteiger partial charge in [-0.25, -0.2) is 0 Å². The summed E-state index contributed by atoms with van der Waals surface area (Å²) in [6, 6.07) is 9.06. The van der Waals surface area contributed by atoms with Gasteiger partial charge in [-0.15, -0.1) is 0 Å². The number of aliphatic hydroxyl groups excluding tert-OH is 1. The number of hydrogen-bond acceptors (Lipinski definition) is 4. The van der Waals surface area contributed by atoms with Crippen LogP contribution in [0.3, 0.4) is 0 Å². The van der Waals surface area contributed by atoms with Crippen LogP contribution in [0.5, 0.6) is 0 Å². The van der Waals surface area contributed by atoms with Crippen molar-refractivity contribution in [1.82, 2.24) is 0 Å². The van der Waals surface area contributed by atoms with Crippen LogP contribution in [-0.4, -0.2) is 23.5 Å². The SMILES string of the molecule is C[C@@H](O)C(=O)[CH][CH][CH][C@H](O[C-]=O)c1ccccc1.[C-]#[O+].[C-]#[O+].[C-]#[O+].[Fe+2]. The summed E-state index contributed by atoms with van der Waals surface area (Å²) in [7, 11) is 0. The number of benzene rings is 1. The van der Waals surface area contributed by atoms with E-state index in [4.69, 9.17) is 23.8 Å². The maximum Gasteiger partial charge on any atom is 2.00 e. The first-order valence-corrected chi connectivity index (χ1v) is 6.07. The zero-order valence-electron chi connectivity index (χ0n) is 13.0. The van der Waals surface area contributed by atoms with E-state index in [2.05, 4.69) is 20.0 Å². The fourth-order valence-corrected chi connectivity index (χ4v) is 1.30. The quantitative estimate of drug-likeness (QED) is 0.410. The molecule has 0 aromatic heterocycles. The van der Waals surface area contributed by atoms with Crippen LogP contribution in [0.1, 0.15) is 18.6 Å². The van der Waals surface area contributed by atoms with Gasteiger partial charge in [0.05, 0.1) is 6.10 Å². The van der Waals surface area contributed by atoms with E-state index in [0.717, 1.165) is 5.56 Å². The number of rotatable bonds is 8. The second-order valence-electron chi connectivity index (χ2n) is 3.66. The zero-order valence-corrected chi connectivity index (χ0v) is 14.1. The fourth-order valence-electron chi connectivity index (χ4n) is 1.30. The van der Waals surface area contributed by atoms with Gasteiger partial charge in [0, 0.05) is 12.8 Å². The summed E-state index contributed by atoms with van der Waals surface area (Å²) in [6.45, 7) is 16.3. The second-order valence-corrected chi connectivity index (χ2v) is 3.66. The standard InChI is InChI=1S/C14H14O4.3CO.Fe/c1-11(16)13(17)8-5-9-14(18-10-15)12-6-3-2-4-7-12;3*1-2;/h2-9,11,14,16H,1H3;;;;/q-1;;;;+2/t11-,14+;;;;/m1..../s1. The fraction of sp³-hybridized carbons (Fsp3) is 0.176. The molecule has 3 radical (unpaired) electrons. The van der Waals surface area contributed by atoms with E-state index in [1.807, 2.05) is 18.2 Å². The third-order valence-corrected chi connectivity index (χ3v) is 2.26. The van der Waals surface area contributed by atoms with Crippen molar-refractivity contribution in [1.29, 1.82) is 0 Å². The van der Waals surface area contributed by atoms with Gasteiger partial charge in [0.2, 0.25) is 0 Å². The summed E-state index contributed by atoms with van der Waals surface area (Å²) in [6.07, 6.45) is 2.59. The normalized spacial score (nSPS) is 10.1. The van der Waals surface area contributed by atoms with Crippen LogP contribution in [0.25, 0.3) is 0 Å². The molecule has 1 N–H and O–H groups in total. The number of Topliss-reactive ketones (excluding diaryl/α,β-unsaturated/α-hetero) is 1. The van der Waals surface area contributed by atoms with E-state index in [-0.39, 0.29) is 17.1 Å². The average molecular weight is 386 g/mol. The number of carbonyl (C=O) groups excluding carboxylic acids is 2. The van der Waals surface area contributed by atoms with Gasteiger partial charge in [-0.2, -0.15) is 0 Å². The zero-order chi connectivity index (χ0) is 19.4. The van der Waals surface area contributed by atoms with Gasteiger partial charge in [-0.3, -0.25) is 4.79 Å². The van der Waals surface area contributed by atoms with Crippen LogP contribution >= 0.6 is 0 Å². The van der Waals surface area contributed by atoms with Gasteiger partial charge >= 0.3 is 51.0 Å². The predicted molar refractivity (Wildman–Crippen MR) is 77.3 cm³/mol. The Kier molecular flexibility index (Phi) is 30.0. The molecule has 7 nitrogen and oxygen atoms in total. The molecule has 0 amide bonds. The Morgan fingerprint density at radius 1 is 1.16 bits per heavy atom. The smallest absolute Gasteiger partial charge is 2.00 e. The van der Waals surface area contributed by atoms with Gasteiger partial charge in [0.1, 0.15) is 6.10 Å². The topological polar surface area (TPSA) is 123 Å². The molecule has 0 aliphatic heterocycles. The summed E-state index contributed by atoms with van der Waals surface area (Å²) in [5.74, 6) is -0.409. The van der Waals surface area contributed by atoms with Gasteiger partial charge in [0.15, 0.2) is 5.78 Å². The molecular weight excluding hydrogens is 372 g/mol. The molecule has 131 valence electrons. The Morgan fingerprint density at radius 2 is 1.64 bits per heavy atom. The summed E-state index contributed by atoms with van der Waals surface area (Å²) in [5, 5.41) is 9.00. The summed E-state index contributed by atoms with van der Waals surface area (Å²) in [4.78, 5) is 21.4. The summed E-state index contributed by atoms with van der Waals surface area (Å²) in [5.41, 5.74) is 0.773. The van der Waals surface area contributed by atoms with Gasteiger partial charge in [0.25, 0.3) is 0 Å². The molecule has 25 heavy (non-hydrogen) atoms. The third kappa shape index (κ3) is 16.7. The van der Waals surface area contributed by atoms with Crippen molar-refractivity contribution in [3.63, 3.8) is 0 Å². The van der Waals surface area contributed by atoms with Crippen molar-refractivity contribution in [3.8, 4) is 0 Å². The van der Waals surface area contributed by atoms with Crippen LogP contribution in [0, 0.1) is 39.2 Å². The molecule has 0 aliphatic rings. The molecule has 0 bridgehead atoms. The number of aliphatic hydroxyl groups is 1. The molecule has 1 rings (SSSR count). The molecule has 0 aliphatic carbocycles. The molecule has 0 heterocycles. The number of hydrogen-bond donors (Lipinski definition) is 1. The minimum Gasteiger partial charge on any atom is 2.00 e. The van der Waals surface area contributed by atoms with Crippen molar-refractivity contribution in [2.45, 2.75) is 19.1 Å². The molecule has 1 aromatic rings. The van der Waals surface area contributed by atoms with Crippen LogP contribution in [0.2, 0.25) is 0 Å². The number of carbonyl (C=O) groups is 1. The van der Waals surface area contributed by atoms with Crippen molar-refractivity contribution in [2.75, 3.05) is 0 Å². The van der Waals surface area contributed by atoms with E-state index in [1.165, 1.54) is 26.2 Å². The van der Waals surface area contributed by atoms with E-state index >= 15 is 0 Å². The molecule has 0 spiro atoms. The molecule has 0 fully saturated rings. The Bertz CT molecular complexity index is 480. The van der Waals surface area contributed by atoms with Crippen molar-refractivity contribution in [3.05, 3.63) is 75.1 Å². The Morgan fingerprint density at radius 3 is 2.04 bits per heavy atom. The molecular formula is C17H14FeO7+. The first kappa shape index (κ1) is 30.9. The number of ether oxygens (including phenoxy) is 1. The Hall–Kier alpha value is -1.94. The molecule has 8 heteroatoms. The van der Waals surface area contributed by atoms with Gasteiger partial charge < -0.3 is 14.6 Å². The molecule has 0 unspecified atom stereocenters. The van der Waals surface area contributed by atoms with Crippen LogP contribution in [0.4, 0.5) is 0 Å². The number of ketones is 1. The van der Waals surface area contributed by atoms with Crippen LogP contribution in [-0.2, 0) is 45.4 Å². The van der Waals surface area contributed by atoms with Crippen LogP contribution in [0.15, 0.2) is 30.3 Å². The maximum atomic E-state index is 11.1. The minimum atomic E-state index is -1.04. The molecule has 0 saturated carbocycles.